The molecule has 166 valence electrons. The van der Waals surface area contributed by atoms with Crippen molar-refractivity contribution < 1.29 is 14.0 Å². The van der Waals surface area contributed by atoms with Crippen molar-refractivity contribution in [2.24, 2.45) is 5.92 Å². The van der Waals surface area contributed by atoms with E-state index in [2.05, 4.69) is 81.4 Å². The third-order valence-electron chi connectivity index (χ3n) is 6.39. The zero-order chi connectivity index (χ0) is 22.6. The van der Waals surface area contributed by atoms with Gasteiger partial charge in [-0.15, -0.1) is 0 Å². The number of carbonyl (C=O) groups excluding carboxylic acids is 1. The molecule has 0 aliphatic carbocycles. The van der Waals surface area contributed by atoms with Gasteiger partial charge in [-0.25, -0.2) is 0 Å². The molecule has 1 aliphatic heterocycles. The van der Waals surface area contributed by atoms with Crippen LogP contribution in [0.25, 0.3) is 0 Å². The second-order valence-corrected chi connectivity index (χ2v) is 14.0. The minimum Gasteiger partial charge on any atom is -0.460 e. The Hall–Kier alpha value is -2.69. The Morgan fingerprint density at radius 3 is 1.84 bits per heavy atom. The van der Waals surface area contributed by atoms with Gasteiger partial charge in [-0.1, -0.05) is 112 Å². The summed E-state index contributed by atoms with van der Waals surface area (Å²) in [6.45, 7) is 7.21. The largest absolute Gasteiger partial charge is 0.460 e. The van der Waals surface area contributed by atoms with Gasteiger partial charge in [0.25, 0.3) is 8.32 Å². The number of esters is 1. The van der Waals surface area contributed by atoms with Gasteiger partial charge in [0.05, 0.1) is 12.5 Å². The first kappa shape index (κ1) is 22.5. The van der Waals surface area contributed by atoms with Crippen LogP contribution in [0.3, 0.4) is 0 Å². The molecule has 1 aliphatic rings. The van der Waals surface area contributed by atoms with E-state index in [1.54, 1.807) is 0 Å². The predicted molar refractivity (Wildman–Crippen MR) is 132 cm³/mol. The first-order chi connectivity index (χ1) is 15.4. The summed E-state index contributed by atoms with van der Waals surface area (Å²) in [4.78, 5) is 12.6. The third kappa shape index (κ3) is 4.57. The minimum atomic E-state index is -2.63. The van der Waals surface area contributed by atoms with Crippen LogP contribution >= 0.6 is 0 Å². The Labute approximate surface area is 192 Å². The molecule has 3 aromatic rings. The fourth-order valence-corrected chi connectivity index (χ4v) is 9.46. The summed E-state index contributed by atoms with van der Waals surface area (Å²) in [7, 11) is -2.63. The average molecular weight is 445 g/mol. The highest BCUT2D eigenvalue weighted by atomic mass is 28.4. The summed E-state index contributed by atoms with van der Waals surface area (Å²) in [5, 5.41) is 2.38. The quantitative estimate of drug-likeness (QED) is 0.390. The van der Waals surface area contributed by atoms with Crippen molar-refractivity contribution in [2.45, 2.75) is 44.8 Å². The molecule has 2 atom stereocenters. The summed E-state index contributed by atoms with van der Waals surface area (Å²) in [5.41, 5.74) is 1.17. The molecule has 0 unspecified atom stereocenters. The van der Waals surface area contributed by atoms with Crippen LogP contribution in [0.2, 0.25) is 5.04 Å². The molecular weight excluding hydrogens is 412 g/mol. The Morgan fingerprint density at radius 2 is 1.34 bits per heavy atom. The molecule has 3 nitrogen and oxygen atoms in total. The standard InChI is InChI=1S/C28H32O3Si/c1-28(2,3)32(25-15-9-5-10-16-25,26-17-11-6-12-18-26)30-21-24-20-23(27(29)31-24)19-22-13-7-4-8-14-22/h4-18,23-24H,19-21H2,1-3H3/t23-,24+/m1/s1. The maximum Gasteiger partial charge on any atom is 0.309 e. The third-order valence-corrected chi connectivity index (χ3v) is 11.4. The molecule has 0 aromatic heterocycles. The lowest BCUT2D eigenvalue weighted by Gasteiger charge is -2.43. The van der Waals surface area contributed by atoms with Crippen molar-refractivity contribution in [2.75, 3.05) is 6.61 Å². The lowest BCUT2D eigenvalue weighted by Crippen LogP contribution is -2.67. The fourth-order valence-electron chi connectivity index (χ4n) is 4.87. The molecule has 0 spiro atoms. The summed E-state index contributed by atoms with van der Waals surface area (Å²) in [6.07, 6.45) is 1.21. The molecule has 4 rings (SSSR count). The second kappa shape index (κ2) is 9.43. The summed E-state index contributed by atoms with van der Waals surface area (Å²) >= 11 is 0. The van der Waals surface area contributed by atoms with E-state index in [1.165, 1.54) is 15.9 Å². The molecule has 1 heterocycles. The van der Waals surface area contributed by atoms with Gasteiger partial charge < -0.3 is 9.16 Å². The second-order valence-electron chi connectivity index (χ2n) is 9.66. The van der Waals surface area contributed by atoms with Crippen LogP contribution < -0.4 is 10.4 Å². The molecule has 1 saturated heterocycles. The van der Waals surface area contributed by atoms with Crippen LogP contribution in [-0.2, 0) is 20.4 Å². The average Bonchev–Trinajstić information content (AvgIpc) is 3.14. The van der Waals surface area contributed by atoms with E-state index in [0.717, 1.165) is 6.42 Å². The van der Waals surface area contributed by atoms with Crippen LogP contribution in [0, 0.1) is 5.92 Å². The van der Waals surface area contributed by atoms with Crippen molar-refractivity contribution in [1.82, 2.24) is 0 Å². The Bertz CT molecular complexity index is 973. The zero-order valence-corrected chi connectivity index (χ0v) is 20.2. The SMILES string of the molecule is CC(C)(C)[Si](OC[C@@H]1C[C@@H](Cc2ccccc2)C(=O)O1)(c1ccccc1)c1ccccc1. The van der Waals surface area contributed by atoms with E-state index in [1.807, 2.05) is 30.3 Å². The summed E-state index contributed by atoms with van der Waals surface area (Å²) in [6, 6.07) is 31.3. The lowest BCUT2D eigenvalue weighted by molar-refractivity contribution is -0.145. The van der Waals surface area contributed by atoms with Gasteiger partial charge in [-0.05, 0) is 27.4 Å². The van der Waals surface area contributed by atoms with Crippen molar-refractivity contribution in [3.8, 4) is 0 Å². The molecule has 0 N–H and O–H groups in total. The van der Waals surface area contributed by atoms with Gasteiger partial charge in [-0.2, -0.15) is 0 Å². The zero-order valence-electron chi connectivity index (χ0n) is 19.2. The monoisotopic (exact) mass is 444 g/mol. The van der Waals surface area contributed by atoms with E-state index >= 15 is 0 Å². The van der Waals surface area contributed by atoms with Crippen LogP contribution in [-0.4, -0.2) is 27.0 Å². The first-order valence-corrected chi connectivity index (χ1v) is 13.3. The Kier molecular flexibility index (Phi) is 6.63. The van der Waals surface area contributed by atoms with Gasteiger partial charge in [0.15, 0.2) is 0 Å². The van der Waals surface area contributed by atoms with Crippen LogP contribution in [0.1, 0.15) is 32.8 Å². The number of ether oxygens (including phenoxy) is 1. The molecule has 0 bridgehead atoms. The van der Waals surface area contributed by atoms with Crippen LogP contribution in [0.4, 0.5) is 0 Å². The number of hydrogen-bond donors (Lipinski definition) is 0. The van der Waals surface area contributed by atoms with Gasteiger partial charge in [0.2, 0.25) is 0 Å². The molecule has 0 radical (unpaired) electrons. The minimum absolute atomic E-state index is 0.0955. The van der Waals surface area contributed by atoms with E-state index in [9.17, 15) is 4.79 Å². The lowest BCUT2D eigenvalue weighted by atomic mass is 9.96. The molecule has 1 fully saturated rings. The number of benzene rings is 3. The maximum atomic E-state index is 12.6. The predicted octanol–water partition coefficient (Wildman–Crippen LogP) is 4.74. The van der Waals surface area contributed by atoms with Crippen molar-refractivity contribution in [3.63, 3.8) is 0 Å². The van der Waals surface area contributed by atoms with E-state index < -0.39 is 8.32 Å². The molecular formula is C28H32O3Si. The highest BCUT2D eigenvalue weighted by Gasteiger charge is 2.51. The normalized spacial score (nSPS) is 19.0. The maximum absolute atomic E-state index is 12.6. The Morgan fingerprint density at radius 1 is 0.844 bits per heavy atom. The summed E-state index contributed by atoms with van der Waals surface area (Å²) < 4.78 is 12.7. The van der Waals surface area contributed by atoms with Gasteiger partial charge in [0.1, 0.15) is 6.10 Å². The number of rotatable bonds is 7. The molecule has 4 heteroatoms. The van der Waals surface area contributed by atoms with E-state index in [4.69, 9.17) is 9.16 Å². The summed E-state index contributed by atoms with van der Waals surface area (Å²) in [5.74, 6) is -0.213. The number of cyclic esters (lactones) is 1. The first-order valence-electron chi connectivity index (χ1n) is 11.4. The van der Waals surface area contributed by atoms with E-state index in [-0.39, 0.29) is 23.0 Å². The number of hydrogen-bond acceptors (Lipinski definition) is 3. The smallest absolute Gasteiger partial charge is 0.309 e. The van der Waals surface area contributed by atoms with Crippen molar-refractivity contribution in [3.05, 3.63) is 96.6 Å². The topological polar surface area (TPSA) is 35.5 Å². The van der Waals surface area contributed by atoms with Gasteiger partial charge in [0, 0.05) is 6.42 Å². The molecule has 0 saturated carbocycles. The number of carbonyl (C=O) groups is 1. The van der Waals surface area contributed by atoms with Crippen LogP contribution in [0.15, 0.2) is 91.0 Å². The van der Waals surface area contributed by atoms with Gasteiger partial charge >= 0.3 is 5.97 Å². The highest BCUT2D eigenvalue weighted by Crippen LogP contribution is 2.37. The molecule has 3 aromatic carbocycles. The molecule has 0 amide bonds. The fraction of sp³-hybridized carbons (Fsp3) is 0.321. The van der Waals surface area contributed by atoms with Crippen molar-refractivity contribution in [1.29, 1.82) is 0 Å². The van der Waals surface area contributed by atoms with Gasteiger partial charge in [-0.3, -0.25) is 4.79 Å². The van der Waals surface area contributed by atoms with Crippen molar-refractivity contribution >= 4 is 24.7 Å². The highest BCUT2D eigenvalue weighted by molar-refractivity contribution is 6.99. The Balaban J connectivity index is 1.58. The molecule has 32 heavy (non-hydrogen) atoms. The van der Waals surface area contributed by atoms with Crippen LogP contribution in [0.5, 0.6) is 0 Å². The van der Waals surface area contributed by atoms with E-state index in [0.29, 0.717) is 13.0 Å².